The van der Waals surface area contributed by atoms with Gasteiger partial charge in [0.1, 0.15) is 0 Å². The molecule has 1 unspecified atom stereocenters. The van der Waals surface area contributed by atoms with Crippen LogP contribution >= 0.6 is 35.2 Å². The summed E-state index contributed by atoms with van der Waals surface area (Å²) in [5, 5.41) is 4.55. The molecule has 2 aromatic carbocycles. The van der Waals surface area contributed by atoms with E-state index in [1.54, 1.807) is 16.4 Å². The fourth-order valence-corrected chi connectivity index (χ4v) is 12.9. The van der Waals surface area contributed by atoms with E-state index in [0.29, 0.717) is 5.92 Å². The highest BCUT2D eigenvalue weighted by atomic mass is 79.9. The lowest BCUT2D eigenvalue weighted by Gasteiger charge is -2.38. The highest BCUT2D eigenvalue weighted by molar-refractivity contribution is 9.11. The molecule has 5 rings (SSSR count). The quantitative estimate of drug-likeness (QED) is 0.277. The SMILES string of the molecule is Cc1cc(C)cc(P(c2cc(C)cc(C)c2)c2c(C)sc(C)c2C2=C(Br)C3CC[C@]2(C)C3(C)C)c1. The van der Waals surface area contributed by atoms with Crippen LogP contribution in [-0.2, 0) is 0 Å². The van der Waals surface area contributed by atoms with E-state index >= 15 is 0 Å². The zero-order valence-electron chi connectivity index (χ0n) is 22.7. The molecule has 0 saturated heterocycles. The molecule has 2 aliphatic rings. The fraction of sp³-hybridized carbons (Fsp3) is 0.438. The average Bonchev–Trinajstić information content (AvgIpc) is 3.18. The van der Waals surface area contributed by atoms with E-state index in [0.717, 1.165) is 0 Å². The Kier molecular flexibility index (Phi) is 6.31. The van der Waals surface area contributed by atoms with Gasteiger partial charge in [-0.3, -0.25) is 0 Å². The fourth-order valence-electron chi connectivity index (χ4n) is 7.03. The van der Waals surface area contributed by atoms with Crippen molar-refractivity contribution in [3.05, 3.63) is 78.5 Å². The average molecular weight is 566 g/mol. The molecule has 3 aromatic rings. The van der Waals surface area contributed by atoms with Gasteiger partial charge in [-0.2, -0.15) is 0 Å². The molecule has 0 aliphatic heterocycles. The Morgan fingerprint density at radius 1 is 0.771 bits per heavy atom. The molecule has 35 heavy (non-hydrogen) atoms. The Morgan fingerprint density at radius 2 is 1.26 bits per heavy atom. The Balaban J connectivity index is 1.83. The Bertz CT molecular complexity index is 1280. The third-order valence-electron chi connectivity index (χ3n) is 8.95. The maximum absolute atomic E-state index is 4.19. The monoisotopic (exact) mass is 564 g/mol. The van der Waals surface area contributed by atoms with Crippen LogP contribution in [0, 0.1) is 58.3 Å². The zero-order chi connectivity index (χ0) is 25.4. The lowest BCUT2D eigenvalue weighted by molar-refractivity contribution is 0.189. The van der Waals surface area contributed by atoms with E-state index in [4.69, 9.17) is 0 Å². The number of fused-ring (bicyclic) bond motifs is 2. The van der Waals surface area contributed by atoms with Gasteiger partial charge in [-0.1, -0.05) is 95.4 Å². The van der Waals surface area contributed by atoms with E-state index in [1.165, 1.54) is 59.9 Å². The van der Waals surface area contributed by atoms with Crippen LogP contribution in [0.4, 0.5) is 0 Å². The summed E-state index contributed by atoms with van der Waals surface area (Å²) in [6.07, 6.45) is 2.59. The number of benzene rings is 2. The first-order valence-corrected chi connectivity index (χ1v) is 15.8. The van der Waals surface area contributed by atoms with Crippen LogP contribution in [0.2, 0.25) is 0 Å². The van der Waals surface area contributed by atoms with Crippen LogP contribution in [0.15, 0.2) is 40.9 Å². The van der Waals surface area contributed by atoms with Gasteiger partial charge >= 0.3 is 0 Å². The third-order valence-corrected chi connectivity index (χ3v) is 13.6. The highest BCUT2D eigenvalue weighted by Crippen LogP contribution is 2.72. The molecule has 2 bridgehead atoms. The van der Waals surface area contributed by atoms with Crippen LogP contribution in [0.3, 0.4) is 0 Å². The van der Waals surface area contributed by atoms with E-state index in [2.05, 4.69) is 115 Å². The first-order valence-electron chi connectivity index (χ1n) is 12.8. The predicted molar refractivity (Wildman–Crippen MR) is 162 cm³/mol. The zero-order valence-corrected chi connectivity index (χ0v) is 26.0. The largest absolute Gasteiger partial charge is 0.145 e. The molecule has 0 spiro atoms. The summed E-state index contributed by atoms with van der Waals surface area (Å²) in [6.45, 7) is 21.3. The lowest BCUT2D eigenvalue weighted by Crippen LogP contribution is -2.32. The molecule has 0 radical (unpaired) electrons. The van der Waals surface area contributed by atoms with E-state index in [1.807, 2.05) is 11.3 Å². The van der Waals surface area contributed by atoms with Gasteiger partial charge in [0.15, 0.2) is 0 Å². The van der Waals surface area contributed by atoms with Gasteiger partial charge in [0.25, 0.3) is 0 Å². The van der Waals surface area contributed by atoms with Crippen molar-refractivity contribution in [2.75, 3.05) is 0 Å². The molecule has 1 aromatic heterocycles. The smallest absolute Gasteiger partial charge is 0.0107 e. The number of thiophene rings is 1. The first kappa shape index (κ1) is 25.4. The normalized spacial score (nSPS) is 23.1. The Labute approximate surface area is 226 Å². The van der Waals surface area contributed by atoms with Crippen LogP contribution in [0.5, 0.6) is 0 Å². The molecule has 1 saturated carbocycles. The molecule has 2 aliphatic carbocycles. The summed E-state index contributed by atoms with van der Waals surface area (Å²) in [5.74, 6) is 0.628. The second-order valence-electron chi connectivity index (χ2n) is 11.8. The van der Waals surface area contributed by atoms with E-state index in [9.17, 15) is 0 Å². The number of rotatable bonds is 4. The maximum Gasteiger partial charge on any atom is 0.0107 e. The van der Waals surface area contributed by atoms with Gasteiger partial charge in [-0.05, 0) is 95.2 Å². The standard InChI is InChI=1S/C32H38BrPS/c1-18-12-19(2)15-24(14-18)34(25-16-20(3)13-21(4)17-25)30-23(6)35-22(5)27(30)28-29(33)26-10-11-32(28,9)31(26,7)8/h12-17,26H,10-11H2,1-9H3/t26?,32-/m0/s1. The number of allylic oxidation sites excluding steroid dienone is 2. The molecule has 0 nitrogen and oxygen atoms in total. The summed E-state index contributed by atoms with van der Waals surface area (Å²) in [4.78, 5) is 2.97. The molecule has 1 fully saturated rings. The lowest BCUT2D eigenvalue weighted by atomic mass is 9.66. The molecule has 3 heteroatoms. The second kappa shape index (κ2) is 8.68. The summed E-state index contributed by atoms with van der Waals surface area (Å²) in [6, 6.07) is 14.4. The number of halogens is 1. The summed E-state index contributed by atoms with van der Waals surface area (Å²) in [7, 11) is -0.674. The van der Waals surface area contributed by atoms with Crippen molar-refractivity contribution in [2.24, 2.45) is 16.7 Å². The van der Waals surface area contributed by atoms with Gasteiger partial charge in [0, 0.05) is 25.1 Å². The maximum atomic E-state index is 4.19. The second-order valence-corrected chi connectivity index (χ2v) is 16.3. The summed E-state index contributed by atoms with van der Waals surface area (Å²) in [5.41, 5.74) is 9.08. The van der Waals surface area contributed by atoms with Crippen LogP contribution < -0.4 is 15.9 Å². The number of aryl methyl sites for hydroxylation is 6. The minimum absolute atomic E-state index is 0.204. The van der Waals surface area contributed by atoms with Crippen LogP contribution in [0.1, 0.15) is 71.2 Å². The van der Waals surface area contributed by atoms with Crippen molar-refractivity contribution in [1.82, 2.24) is 0 Å². The van der Waals surface area contributed by atoms with Crippen molar-refractivity contribution in [3.8, 4) is 0 Å². The summed E-state index contributed by atoms with van der Waals surface area (Å²) >= 11 is 6.19. The Morgan fingerprint density at radius 3 is 1.69 bits per heavy atom. The number of hydrogen-bond donors (Lipinski definition) is 0. The van der Waals surface area contributed by atoms with E-state index in [-0.39, 0.29) is 10.8 Å². The van der Waals surface area contributed by atoms with E-state index < -0.39 is 7.92 Å². The van der Waals surface area contributed by atoms with Gasteiger partial charge in [0.05, 0.1) is 0 Å². The van der Waals surface area contributed by atoms with Gasteiger partial charge in [-0.15, -0.1) is 11.3 Å². The minimum Gasteiger partial charge on any atom is -0.145 e. The number of hydrogen-bond acceptors (Lipinski definition) is 1. The van der Waals surface area contributed by atoms with Gasteiger partial charge in [-0.25, -0.2) is 0 Å². The molecule has 1 heterocycles. The van der Waals surface area contributed by atoms with Crippen molar-refractivity contribution < 1.29 is 0 Å². The molecule has 184 valence electrons. The van der Waals surface area contributed by atoms with Crippen LogP contribution in [-0.4, -0.2) is 0 Å². The molecule has 0 N–H and O–H groups in total. The first-order chi connectivity index (χ1) is 16.3. The van der Waals surface area contributed by atoms with Crippen molar-refractivity contribution in [2.45, 2.75) is 75.2 Å². The van der Waals surface area contributed by atoms with Gasteiger partial charge in [0.2, 0.25) is 0 Å². The van der Waals surface area contributed by atoms with Crippen LogP contribution in [0.25, 0.3) is 5.57 Å². The van der Waals surface area contributed by atoms with Crippen molar-refractivity contribution in [1.29, 1.82) is 0 Å². The molecular formula is C32H38BrPS. The minimum atomic E-state index is -0.674. The van der Waals surface area contributed by atoms with Gasteiger partial charge < -0.3 is 0 Å². The highest BCUT2D eigenvalue weighted by Gasteiger charge is 2.61. The topological polar surface area (TPSA) is 0 Å². The van der Waals surface area contributed by atoms with Crippen molar-refractivity contribution >= 4 is 56.7 Å². The molecule has 2 atom stereocenters. The Hall–Kier alpha value is -1.21. The molecule has 0 amide bonds. The summed E-state index contributed by atoms with van der Waals surface area (Å²) < 4.78 is 1.48. The third kappa shape index (κ3) is 3.86. The molecular weight excluding hydrogens is 527 g/mol. The predicted octanol–water partition coefficient (Wildman–Crippen LogP) is 8.92. The van der Waals surface area contributed by atoms with Crippen molar-refractivity contribution in [3.63, 3.8) is 0 Å².